The number of carbonyl (C=O) groups is 2. The molecule has 1 unspecified atom stereocenters. The van der Waals surface area contributed by atoms with Crippen molar-refractivity contribution < 1.29 is 9.59 Å². The molecule has 0 saturated heterocycles. The first-order valence-corrected chi connectivity index (χ1v) is 7.19. The van der Waals surface area contributed by atoms with Crippen LogP contribution in [0, 0.1) is 11.8 Å². The standard InChI is InChI=1S/C16H25N3O2/c1-11(2)8-14(9-17)16(21)19(3)10-12-4-6-13(7-5-12)15(18)20/h4-7,11,14H,8-10,17H2,1-3H3,(H2,18,20). The van der Waals surface area contributed by atoms with Gasteiger partial charge in [-0.15, -0.1) is 0 Å². The van der Waals surface area contributed by atoms with Crippen LogP contribution in [-0.2, 0) is 11.3 Å². The summed E-state index contributed by atoms with van der Waals surface area (Å²) in [7, 11) is 1.77. The van der Waals surface area contributed by atoms with E-state index >= 15 is 0 Å². The molecular formula is C16H25N3O2. The number of primary amides is 1. The second kappa shape index (κ2) is 7.78. The molecule has 1 rings (SSSR count). The lowest BCUT2D eigenvalue weighted by molar-refractivity contribution is -0.134. The van der Waals surface area contributed by atoms with Gasteiger partial charge in [0.15, 0.2) is 0 Å². The van der Waals surface area contributed by atoms with Crippen LogP contribution in [0.4, 0.5) is 0 Å². The molecule has 4 N–H and O–H groups in total. The van der Waals surface area contributed by atoms with Crippen molar-refractivity contribution in [3.63, 3.8) is 0 Å². The minimum Gasteiger partial charge on any atom is -0.366 e. The predicted octanol–water partition coefficient (Wildman–Crippen LogP) is 1.36. The largest absolute Gasteiger partial charge is 0.366 e. The van der Waals surface area contributed by atoms with E-state index in [1.807, 2.05) is 12.1 Å². The van der Waals surface area contributed by atoms with E-state index in [0.29, 0.717) is 24.6 Å². The minimum atomic E-state index is -0.453. The summed E-state index contributed by atoms with van der Waals surface area (Å²) in [6.45, 7) is 5.02. The van der Waals surface area contributed by atoms with Crippen LogP contribution >= 0.6 is 0 Å². The van der Waals surface area contributed by atoms with Crippen LogP contribution in [0.2, 0.25) is 0 Å². The van der Waals surface area contributed by atoms with Gasteiger partial charge < -0.3 is 16.4 Å². The maximum absolute atomic E-state index is 12.4. The average molecular weight is 291 g/mol. The first-order valence-electron chi connectivity index (χ1n) is 7.19. The molecule has 5 nitrogen and oxygen atoms in total. The summed E-state index contributed by atoms with van der Waals surface area (Å²) in [4.78, 5) is 25.1. The third kappa shape index (κ3) is 5.19. The maximum Gasteiger partial charge on any atom is 0.248 e. The lowest BCUT2D eigenvalue weighted by atomic mass is 9.96. The van der Waals surface area contributed by atoms with E-state index in [1.54, 1.807) is 24.1 Å². The zero-order valence-corrected chi connectivity index (χ0v) is 13.0. The summed E-state index contributed by atoms with van der Waals surface area (Å²) in [6, 6.07) is 6.96. The van der Waals surface area contributed by atoms with Crippen LogP contribution in [0.15, 0.2) is 24.3 Å². The lowest BCUT2D eigenvalue weighted by Gasteiger charge is -2.24. The van der Waals surface area contributed by atoms with Crippen molar-refractivity contribution in [1.82, 2.24) is 4.90 Å². The fourth-order valence-electron chi connectivity index (χ4n) is 2.30. The van der Waals surface area contributed by atoms with Crippen molar-refractivity contribution in [2.24, 2.45) is 23.3 Å². The molecule has 116 valence electrons. The Balaban J connectivity index is 2.68. The molecule has 1 atom stereocenters. The van der Waals surface area contributed by atoms with E-state index in [1.165, 1.54) is 0 Å². The molecule has 0 aliphatic rings. The van der Waals surface area contributed by atoms with Gasteiger partial charge >= 0.3 is 0 Å². The van der Waals surface area contributed by atoms with E-state index in [4.69, 9.17) is 11.5 Å². The predicted molar refractivity (Wildman–Crippen MR) is 83.4 cm³/mol. The fourth-order valence-corrected chi connectivity index (χ4v) is 2.30. The molecule has 0 bridgehead atoms. The Morgan fingerprint density at radius 1 is 1.19 bits per heavy atom. The highest BCUT2D eigenvalue weighted by Crippen LogP contribution is 2.15. The maximum atomic E-state index is 12.4. The number of nitrogens with zero attached hydrogens (tertiary/aromatic N) is 1. The fraction of sp³-hybridized carbons (Fsp3) is 0.500. The van der Waals surface area contributed by atoms with Gasteiger partial charge in [-0.2, -0.15) is 0 Å². The summed E-state index contributed by atoms with van der Waals surface area (Å²) < 4.78 is 0. The van der Waals surface area contributed by atoms with Gasteiger partial charge in [0.05, 0.1) is 5.92 Å². The molecule has 0 aliphatic heterocycles. The topological polar surface area (TPSA) is 89.4 Å². The second-order valence-electron chi connectivity index (χ2n) is 5.82. The number of nitrogens with two attached hydrogens (primary N) is 2. The Bertz CT molecular complexity index is 483. The third-order valence-corrected chi connectivity index (χ3v) is 3.42. The number of carbonyl (C=O) groups excluding carboxylic acids is 2. The first-order chi connectivity index (χ1) is 9.85. The zero-order valence-electron chi connectivity index (χ0n) is 13.0. The Hall–Kier alpha value is -1.88. The van der Waals surface area contributed by atoms with Crippen LogP contribution in [0.1, 0.15) is 36.2 Å². The van der Waals surface area contributed by atoms with Gasteiger partial charge in [0.25, 0.3) is 0 Å². The number of hydrogen-bond donors (Lipinski definition) is 2. The van der Waals surface area contributed by atoms with Crippen LogP contribution < -0.4 is 11.5 Å². The van der Waals surface area contributed by atoms with Gasteiger partial charge in [-0.05, 0) is 30.0 Å². The van der Waals surface area contributed by atoms with Crippen molar-refractivity contribution in [2.45, 2.75) is 26.8 Å². The van der Waals surface area contributed by atoms with Gasteiger partial charge in [-0.1, -0.05) is 26.0 Å². The number of amides is 2. The van der Waals surface area contributed by atoms with Crippen LogP contribution in [0.3, 0.4) is 0 Å². The molecule has 0 fully saturated rings. The molecule has 5 heteroatoms. The molecule has 2 amide bonds. The molecule has 1 aromatic rings. The van der Waals surface area contributed by atoms with E-state index in [0.717, 1.165) is 12.0 Å². The molecule has 0 aliphatic carbocycles. The third-order valence-electron chi connectivity index (χ3n) is 3.42. The van der Waals surface area contributed by atoms with Gasteiger partial charge in [0, 0.05) is 25.7 Å². The molecule has 0 spiro atoms. The average Bonchev–Trinajstić information content (AvgIpc) is 2.44. The number of hydrogen-bond acceptors (Lipinski definition) is 3. The van der Waals surface area contributed by atoms with Gasteiger partial charge in [-0.3, -0.25) is 9.59 Å². The summed E-state index contributed by atoms with van der Waals surface area (Å²) in [5.74, 6) is -0.0954. The number of benzene rings is 1. The molecule has 0 heterocycles. The van der Waals surface area contributed by atoms with Crippen LogP contribution in [0.25, 0.3) is 0 Å². The Kier molecular flexibility index (Phi) is 6.37. The summed E-state index contributed by atoms with van der Waals surface area (Å²) in [5, 5.41) is 0. The summed E-state index contributed by atoms with van der Waals surface area (Å²) >= 11 is 0. The van der Waals surface area contributed by atoms with Crippen molar-refractivity contribution in [3.05, 3.63) is 35.4 Å². The summed E-state index contributed by atoms with van der Waals surface area (Å²) in [6.07, 6.45) is 0.792. The van der Waals surface area contributed by atoms with Crippen LogP contribution in [0.5, 0.6) is 0 Å². The molecule has 1 aromatic carbocycles. The quantitative estimate of drug-likeness (QED) is 0.795. The minimum absolute atomic E-state index is 0.0603. The summed E-state index contributed by atoms with van der Waals surface area (Å²) in [5.41, 5.74) is 12.3. The van der Waals surface area contributed by atoms with E-state index in [9.17, 15) is 9.59 Å². The highest BCUT2D eigenvalue weighted by molar-refractivity contribution is 5.92. The Morgan fingerprint density at radius 3 is 2.19 bits per heavy atom. The van der Waals surface area contributed by atoms with Gasteiger partial charge in [0.1, 0.15) is 0 Å². The van der Waals surface area contributed by atoms with Crippen molar-refractivity contribution in [3.8, 4) is 0 Å². The first kappa shape index (κ1) is 17.2. The highest BCUT2D eigenvalue weighted by Gasteiger charge is 2.21. The molecule has 0 saturated carbocycles. The molecule has 21 heavy (non-hydrogen) atoms. The normalized spacial score (nSPS) is 12.2. The van der Waals surface area contributed by atoms with Gasteiger partial charge in [0.2, 0.25) is 11.8 Å². The van der Waals surface area contributed by atoms with Crippen LogP contribution in [-0.4, -0.2) is 30.3 Å². The molecule has 0 radical (unpaired) electrons. The van der Waals surface area contributed by atoms with Crippen molar-refractivity contribution in [1.29, 1.82) is 0 Å². The molecule has 0 aromatic heterocycles. The molecular weight excluding hydrogens is 266 g/mol. The number of rotatable bonds is 7. The van der Waals surface area contributed by atoms with Gasteiger partial charge in [-0.25, -0.2) is 0 Å². The SMILES string of the molecule is CC(C)CC(CN)C(=O)N(C)Cc1ccc(C(N)=O)cc1. The van der Waals surface area contributed by atoms with E-state index < -0.39 is 5.91 Å². The van der Waals surface area contributed by atoms with Crippen molar-refractivity contribution >= 4 is 11.8 Å². The zero-order chi connectivity index (χ0) is 16.0. The highest BCUT2D eigenvalue weighted by atomic mass is 16.2. The Labute approximate surface area is 126 Å². The monoisotopic (exact) mass is 291 g/mol. The van der Waals surface area contributed by atoms with E-state index in [2.05, 4.69) is 13.8 Å². The second-order valence-corrected chi connectivity index (χ2v) is 5.82. The lowest BCUT2D eigenvalue weighted by Crippen LogP contribution is -2.37. The smallest absolute Gasteiger partial charge is 0.248 e. The van der Waals surface area contributed by atoms with Crippen molar-refractivity contribution in [2.75, 3.05) is 13.6 Å². The Morgan fingerprint density at radius 2 is 1.76 bits per heavy atom. The van der Waals surface area contributed by atoms with E-state index in [-0.39, 0.29) is 11.8 Å².